The molecular formula is C17H25NO3. The molecule has 116 valence electrons. The van der Waals surface area contributed by atoms with Gasteiger partial charge in [0, 0.05) is 18.7 Å². The van der Waals surface area contributed by atoms with E-state index in [2.05, 4.69) is 27.7 Å². The van der Waals surface area contributed by atoms with E-state index in [1.807, 2.05) is 30.3 Å². The molecule has 21 heavy (non-hydrogen) atoms. The van der Waals surface area contributed by atoms with Crippen LogP contribution in [0.2, 0.25) is 0 Å². The molecule has 1 atom stereocenters. The second-order valence-electron chi connectivity index (χ2n) is 6.50. The summed E-state index contributed by atoms with van der Waals surface area (Å²) in [6.45, 7) is 8.58. The van der Waals surface area contributed by atoms with E-state index in [1.54, 1.807) is 4.90 Å². The lowest BCUT2D eigenvalue weighted by molar-refractivity contribution is -0.136. The lowest BCUT2D eigenvalue weighted by Gasteiger charge is -2.30. The zero-order valence-corrected chi connectivity index (χ0v) is 13.3. The van der Waals surface area contributed by atoms with Crippen LogP contribution in [0.5, 0.6) is 0 Å². The summed E-state index contributed by atoms with van der Waals surface area (Å²) in [6.07, 6.45) is 0.364. The molecule has 0 aliphatic carbocycles. The Balaban J connectivity index is 2.86. The average molecular weight is 291 g/mol. The summed E-state index contributed by atoms with van der Waals surface area (Å²) in [5, 5.41) is 8.86. The van der Waals surface area contributed by atoms with Crippen molar-refractivity contribution in [3.8, 4) is 0 Å². The van der Waals surface area contributed by atoms with Crippen molar-refractivity contribution in [2.45, 2.75) is 40.5 Å². The summed E-state index contributed by atoms with van der Waals surface area (Å²) in [6, 6.07) is 9.25. The van der Waals surface area contributed by atoms with Crippen LogP contribution in [0.4, 0.5) is 5.69 Å². The van der Waals surface area contributed by atoms with Crippen molar-refractivity contribution in [1.82, 2.24) is 0 Å². The van der Waals surface area contributed by atoms with Crippen LogP contribution in [-0.4, -0.2) is 23.5 Å². The first-order valence-corrected chi connectivity index (χ1v) is 7.29. The average Bonchev–Trinajstić information content (AvgIpc) is 2.38. The van der Waals surface area contributed by atoms with Gasteiger partial charge in [0.15, 0.2) is 0 Å². The van der Waals surface area contributed by atoms with Crippen LogP contribution in [0.1, 0.15) is 40.5 Å². The predicted molar refractivity (Wildman–Crippen MR) is 84.3 cm³/mol. The van der Waals surface area contributed by atoms with Crippen molar-refractivity contribution >= 4 is 17.6 Å². The van der Waals surface area contributed by atoms with Crippen molar-refractivity contribution in [2.75, 3.05) is 11.4 Å². The number of aliphatic carboxylic acids is 1. The van der Waals surface area contributed by atoms with Crippen molar-refractivity contribution in [3.63, 3.8) is 0 Å². The molecule has 0 aliphatic rings. The van der Waals surface area contributed by atoms with Gasteiger partial charge in [-0.15, -0.1) is 0 Å². The quantitative estimate of drug-likeness (QED) is 0.871. The lowest BCUT2D eigenvalue weighted by atomic mass is 9.80. The third kappa shape index (κ3) is 5.58. The smallest absolute Gasteiger partial charge is 0.305 e. The number of carboxylic acid groups (broad SMARTS) is 1. The molecule has 1 aromatic rings. The van der Waals surface area contributed by atoms with Gasteiger partial charge < -0.3 is 10.0 Å². The minimum Gasteiger partial charge on any atom is -0.481 e. The third-order valence-electron chi connectivity index (χ3n) is 3.88. The van der Waals surface area contributed by atoms with Crippen LogP contribution in [0.15, 0.2) is 30.3 Å². The predicted octanol–water partition coefficient (Wildman–Crippen LogP) is 3.57. The van der Waals surface area contributed by atoms with Gasteiger partial charge >= 0.3 is 5.97 Å². The maximum atomic E-state index is 12.5. The summed E-state index contributed by atoms with van der Waals surface area (Å²) in [7, 11) is 0. The number of nitrogens with zero attached hydrogens (tertiary/aromatic N) is 1. The molecule has 0 bridgehead atoms. The Morgan fingerprint density at radius 2 is 1.76 bits per heavy atom. The molecule has 0 spiro atoms. The van der Waals surface area contributed by atoms with Gasteiger partial charge in [-0.3, -0.25) is 9.59 Å². The molecule has 1 amide bonds. The molecule has 0 aliphatic heterocycles. The Labute approximate surface area is 126 Å². The molecule has 1 N–H and O–H groups in total. The highest BCUT2D eigenvalue weighted by atomic mass is 16.4. The van der Waals surface area contributed by atoms with Crippen LogP contribution in [-0.2, 0) is 9.59 Å². The van der Waals surface area contributed by atoms with Crippen molar-refractivity contribution in [1.29, 1.82) is 0 Å². The molecule has 1 aromatic carbocycles. The van der Waals surface area contributed by atoms with E-state index >= 15 is 0 Å². The summed E-state index contributed by atoms with van der Waals surface area (Å²) in [4.78, 5) is 24.9. The molecule has 1 rings (SSSR count). The van der Waals surface area contributed by atoms with Gasteiger partial charge in [0.1, 0.15) is 0 Å². The van der Waals surface area contributed by atoms with E-state index in [1.165, 1.54) is 0 Å². The first-order valence-electron chi connectivity index (χ1n) is 7.29. The number of rotatable bonds is 6. The number of benzene rings is 1. The normalized spacial score (nSPS) is 12.8. The maximum absolute atomic E-state index is 12.5. The Kier molecular flexibility index (Phi) is 5.94. The van der Waals surface area contributed by atoms with Gasteiger partial charge in [-0.25, -0.2) is 0 Å². The molecule has 0 aromatic heterocycles. The van der Waals surface area contributed by atoms with E-state index in [9.17, 15) is 9.59 Å². The minimum atomic E-state index is -0.896. The second-order valence-corrected chi connectivity index (χ2v) is 6.50. The second kappa shape index (κ2) is 7.25. The van der Waals surface area contributed by atoms with Gasteiger partial charge in [0.2, 0.25) is 5.91 Å². The Hall–Kier alpha value is -1.84. The first kappa shape index (κ1) is 17.2. The zero-order chi connectivity index (χ0) is 16.0. The van der Waals surface area contributed by atoms with Crippen molar-refractivity contribution < 1.29 is 14.7 Å². The number of hydrogen-bond acceptors (Lipinski definition) is 2. The van der Waals surface area contributed by atoms with Gasteiger partial charge in [-0.05, 0) is 23.5 Å². The molecule has 0 saturated heterocycles. The molecular weight excluding hydrogens is 266 g/mol. The summed E-state index contributed by atoms with van der Waals surface area (Å²) >= 11 is 0. The number of carbonyl (C=O) groups is 2. The maximum Gasteiger partial charge on any atom is 0.305 e. The largest absolute Gasteiger partial charge is 0.481 e. The summed E-state index contributed by atoms with van der Waals surface area (Å²) in [5.74, 6) is -0.696. The molecule has 0 saturated carbocycles. The van der Waals surface area contributed by atoms with Crippen LogP contribution >= 0.6 is 0 Å². The fourth-order valence-corrected chi connectivity index (χ4v) is 1.89. The molecule has 0 heterocycles. The van der Waals surface area contributed by atoms with Crippen LogP contribution < -0.4 is 4.90 Å². The monoisotopic (exact) mass is 291 g/mol. The highest BCUT2D eigenvalue weighted by Crippen LogP contribution is 2.29. The number of anilines is 1. The molecule has 0 radical (unpaired) electrons. The molecule has 4 nitrogen and oxygen atoms in total. The van der Waals surface area contributed by atoms with Crippen LogP contribution in [0.3, 0.4) is 0 Å². The minimum absolute atomic E-state index is 0.0233. The highest BCUT2D eigenvalue weighted by Gasteiger charge is 2.26. The van der Waals surface area contributed by atoms with Crippen molar-refractivity contribution in [2.24, 2.45) is 11.3 Å². The first-order chi connectivity index (χ1) is 9.71. The Morgan fingerprint density at radius 1 is 1.19 bits per heavy atom. The van der Waals surface area contributed by atoms with Gasteiger partial charge in [0.25, 0.3) is 0 Å². The van der Waals surface area contributed by atoms with E-state index in [-0.39, 0.29) is 30.2 Å². The number of hydrogen-bond donors (Lipinski definition) is 1. The molecule has 4 heteroatoms. The standard InChI is InChI=1S/C17H25NO3/c1-13(17(2,3)4)12-15(19)18(11-10-16(20)21)14-8-6-5-7-9-14/h5-9,13H,10-12H2,1-4H3,(H,20,21). The van der Waals surface area contributed by atoms with Crippen LogP contribution in [0.25, 0.3) is 0 Å². The molecule has 0 fully saturated rings. The SMILES string of the molecule is CC(CC(=O)N(CCC(=O)O)c1ccccc1)C(C)(C)C. The van der Waals surface area contributed by atoms with E-state index in [0.717, 1.165) is 5.69 Å². The number of amides is 1. The Morgan fingerprint density at radius 3 is 2.24 bits per heavy atom. The van der Waals surface area contributed by atoms with Gasteiger partial charge in [0.05, 0.1) is 6.42 Å². The number of carbonyl (C=O) groups excluding carboxylic acids is 1. The topological polar surface area (TPSA) is 57.6 Å². The van der Waals surface area contributed by atoms with Crippen LogP contribution in [0, 0.1) is 11.3 Å². The fourth-order valence-electron chi connectivity index (χ4n) is 1.89. The van der Waals surface area contributed by atoms with Gasteiger partial charge in [-0.2, -0.15) is 0 Å². The van der Waals surface area contributed by atoms with Gasteiger partial charge in [-0.1, -0.05) is 45.9 Å². The fraction of sp³-hybridized carbons (Fsp3) is 0.529. The van der Waals surface area contributed by atoms with E-state index in [0.29, 0.717) is 6.42 Å². The van der Waals surface area contributed by atoms with Crippen molar-refractivity contribution in [3.05, 3.63) is 30.3 Å². The van der Waals surface area contributed by atoms with E-state index < -0.39 is 5.97 Å². The lowest BCUT2D eigenvalue weighted by Crippen LogP contribution is -2.35. The molecule has 1 unspecified atom stereocenters. The number of para-hydroxylation sites is 1. The summed E-state index contributed by atoms with van der Waals surface area (Å²) < 4.78 is 0. The van der Waals surface area contributed by atoms with E-state index in [4.69, 9.17) is 5.11 Å². The number of carboxylic acids is 1. The highest BCUT2D eigenvalue weighted by molar-refractivity contribution is 5.94. The zero-order valence-electron chi connectivity index (χ0n) is 13.3. The Bertz CT molecular complexity index is 477. The summed E-state index contributed by atoms with van der Waals surface area (Å²) in [5.41, 5.74) is 0.801. The third-order valence-corrected chi connectivity index (χ3v) is 3.88.